The van der Waals surface area contributed by atoms with Gasteiger partial charge in [-0.3, -0.25) is 9.69 Å². The van der Waals surface area contributed by atoms with Gasteiger partial charge in [0.15, 0.2) is 0 Å². The maximum absolute atomic E-state index is 13.3. The lowest BCUT2D eigenvalue weighted by Gasteiger charge is -2.31. The first kappa shape index (κ1) is 17.6. The Morgan fingerprint density at radius 1 is 1.40 bits per heavy atom. The topological polar surface area (TPSA) is 61.0 Å². The summed E-state index contributed by atoms with van der Waals surface area (Å²) in [5.74, 6) is 1.17. The third-order valence-corrected chi connectivity index (χ3v) is 4.89. The molecule has 1 amide bonds. The smallest absolute Gasteiger partial charge is 0.224 e. The average Bonchev–Trinajstić information content (AvgIpc) is 3.10. The number of nitrogens with one attached hydrogen (secondary N) is 2. The molecule has 3 rings (SSSR count). The number of benzene rings is 1. The van der Waals surface area contributed by atoms with Gasteiger partial charge < -0.3 is 10.3 Å². The molecule has 1 aromatic carbocycles. The molecule has 2 N–H and O–H groups in total. The maximum Gasteiger partial charge on any atom is 0.224 e. The normalized spacial score (nSPS) is 16.1. The number of aromatic nitrogens is 2. The summed E-state index contributed by atoms with van der Waals surface area (Å²) in [7, 11) is 0. The van der Waals surface area contributed by atoms with Crippen LogP contribution in [0.1, 0.15) is 29.8 Å². The summed E-state index contributed by atoms with van der Waals surface area (Å²) >= 11 is 0. The van der Waals surface area contributed by atoms with Gasteiger partial charge in [0.05, 0.1) is 13.0 Å². The molecule has 0 atom stereocenters. The number of nitrogens with zero attached hydrogens (tertiary/aromatic N) is 2. The van der Waals surface area contributed by atoms with Crippen LogP contribution in [-0.2, 0) is 17.8 Å². The summed E-state index contributed by atoms with van der Waals surface area (Å²) < 4.78 is 13.3. The zero-order chi connectivity index (χ0) is 17.6. The number of hydrogen-bond acceptors (Lipinski definition) is 3. The summed E-state index contributed by atoms with van der Waals surface area (Å²) in [6.45, 7) is 5.48. The summed E-state index contributed by atoms with van der Waals surface area (Å²) in [6.07, 6.45) is 6.00. The molecule has 25 heavy (non-hydrogen) atoms. The minimum Gasteiger partial charge on any atom is -0.356 e. The van der Waals surface area contributed by atoms with E-state index in [0.717, 1.165) is 49.4 Å². The number of imidazole rings is 1. The summed E-state index contributed by atoms with van der Waals surface area (Å²) in [5.41, 5.74) is 1.70. The largest absolute Gasteiger partial charge is 0.356 e. The Morgan fingerprint density at radius 2 is 2.20 bits per heavy atom. The van der Waals surface area contributed by atoms with Crippen LogP contribution in [0, 0.1) is 18.7 Å². The van der Waals surface area contributed by atoms with Crippen molar-refractivity contribution in [2.75, 3.05) is 19.6 Å². The quantitative estimate of drug-likeness (QED) is 0.846. The van der Waals surface area contributed by atoms with E-state index < -0.39 is 0 Å². The second-order valence-corrected chi connectivity index (χ2v) is 6.81. The average molecular weight is 344 g/mol. The van der Waals surface area contributed by atoms with Crippen LogP contribution in [0.15, 0.2) is 30.6 Å². The molecule has 0 bridgehead atoms. The second kappa shape index (κ2) is 8.25. The molecule has 0 unspecified atom stereocenters. The van der Waals surface area contributed by atoms with Gasteiger partial charge in [-0.15, -0.1) is 0 Å². The summed E-state index contributed by atoms with van der Waals surface area (Å²) in [6, 6.07) is 4.59. The minimum absolute atomic E-state index is 0.0354. The van der Waals surface area contributed by atoms with Crippen LogP contribution in [0.3, 0.4) is 0 Å². The highest BCUT2D eigenvalue weighted by molar-refractivity contribution is 5.78. The van der Waals surface area contributed by atoms with Gasteiger partial charge in [0.2, 0.25) is 5.91 Å². The van der Waals surface area contributed by atoms with Crippen molar-refractivity contribution in [3.63, 3.8) is 0 Å². The zero-order valence-corrected chi connectivity index (χ0v) is 14.6. The second-order valence-electron chi connectivity index (χ2n) is 6.81. The minimum atomic E-state index is -0.294. The first-order valence-electron chi connectivity index (χ1n) is 8.82. The van der Waals surface area contributed by atoms with Gasteiger partial charge in [0, 0.05) is 18.9 Å². The van der Waals surface area contributed by atoms with E-state index in [-0.39, 0.29) is 18.1 Å². The molecule has 5 nitrogen and oxygen atoms in total. The Labute approximate surface area is 147 Å². The molecule has 1 aliphatic rings. The van der Waals surface area contributed by atoms with Gasteiger partial charge in [0.25, 0.3) is 0 Å². The first-order valence-corrected chi connectivity index (χ1v) is 8.82. The number of rotatable bonds is 6. The van der Waals surface area contributed by atoms with E-state index >= 15 is 0 Å². The maximum atomic E-state index is 13.3. The molecule has 6 heteroatoms. The summed E-state index contributed by atoms with van der Waals surface area (Å²) in [4.78, 5) is 21.9. The third kappa shape index (κ3) is 5.13. The molecular weight excluding hydrogens is 319 g/mol. The molecule has 1 saturated heterocycles. The van der Waals surface area contributed by atoms with E-state index in [1.54, 1.807) is 12.3 Å². The predicted molar refractivity (Wildman–Crippen MR) is 94.4 cm³/mol. The lowest BCUT2D eigenvalue weighted by Crippen LogP contribution is -2.38. The number of aryl methyl sites for hydroxylation is 1. The molecule has 134 valence electrons. The standard InChI is InChI=1S/C19H25FN4O/c1-14-2-3-17(20)10-16(14)11-19(25)23-12-15-4-8-24(9-5-15)13-18-21-6-7-22-18/h2-3,6-7,10,15H,4-5,8-9,11-13H2,1H3,(H,21,22)(H,23,25). The molecule has 0 spiro atoms. The van der Waals surface area contributed by atoms with Gasteiger partial charge in [-0.2, -0.15) is 0 Å². The van der Waals surface area contributed by atoms with Crippen LogP contribution in [0.5, 0.6) is 0 Å². The number of hydrogen-bond donors (Lipinski definition) is 2. The van der Waals surface area contributed by atoms with Gasteiger partial charge in [-0.05, 0) is 62.0 Å². The molecular formula is C19H25FN4O. The molecule has 2 heterocycles. The highest BCUT2D eigenvalue weighted by Crippen LogP contribution is 2.18. The van der Waals surface area contributed by atoms with Crippen LogP contribution in [-0.4, -0.2) is 40.4 Å². The highest BCUT2D eigenvalue weighted by Gasteiger charge is 2.20. The Balaban J connectivity index is 1.39. The Kier molecular flexibility index (Phi) is 5.81. The Hall–Kier alpha value is -2.21. The fourth-order valence-corrected chi connectivity index (χ4v) is 3.27. The van der Waals surface area contributed by atoms with Gasteiger partial charge in [-0.1, -0.05) is 6.07 Å². The van der Waals surface area contributed by atoms with Crippen molar-refractivity contribution in [3.05, 3.63) is 53.4 Å². The Morgan fingerprint density at radius 3 is 2.92 bits per heavy atom. The van der Waals surface area contributed by atoms with E-state index in [0.29, 0.717) is 12.5 Å². The fourth-order valence-electron chi connectivity index (χ4n) is 3.27. The van der Waals surface area contributed by atoms with E-state index in [1.165, 1.54) is 12.1 Å². The third-order valence-electron chi connectivity index (χ3n) is 4.89. The predicted octanol–water partition coefficient (Wildman–Crippen LogP) is 2.43. The SMILES string of the molecule is Cc1ccc(F)cc1CC(=O)NCC1CCN(Cc2ncc[nH]2)CC1. The van der Waals surface area contributed by atoms with Crippen molar-refractivity contribution in [2.45, 2.75) is 32.7 Å². The number of halogens is 1. The molecule has 2 aromatic rings. The Bertz CT molecular complexity index is 693. The van der Waals surface area contributed by atoms with Crippen LogP contribution in [0.25, 0.3) is 0 Å². The number of likely N-dealkylation sites (tertiary alicyclic amines) is 1. The number of carbonyl (C=O) groups is 1. The van der Waals surface area contributed by atoms with Crippen LogP contribution in [0.4, 0.5) is 4.39 Å². The van der Waals surface area contributed by atoms with E-state index in [2.05, 4.69) is 20.2 Å². The number of piperidine rings is 1. The van der Waals surface area contributed by atoms with Crippen molar-refractivity contribution in [1.29, 1.82) is 0 Å². The molecule has 0 saturated carbocycles. The van der Waals surface area contributed by atoms with Crippen LogP contribution >= 0.6 is 0 Å². The molecule has 1 aliphatic heterocycles. The molecule has 1 aromatic heterocycles. The van der Waals surface area contributed by atoms with Crippen molar-refractivity contribution in [3.8, 4) is 0 Å². The molecule has 0 aliphatic carbocycles. The van der Waals surface area contributed by atoms with Crippen molar-refractivity contribution >= 4 is 5.91 Å². The zero-order valence-electron chi connectivity index (χ0n) is 14.6. The van der Waals surface area contributed by atoms with E-state index in [9.17, 15) is 9.18 Å². The van der Waals surface area contributed by atoms with Crippen molar-refractivity contribution in [2.24, 2.45) is 5.92 Å². The monoisotopic (exact) mass is 344 g/mol. The van der Waals surface area contributed by atoms with Crippen LogP contribution < -0.4 is 5.32 Å². The van der Waals surface area contributed by atoms with Crippen molar-refractivity contribution in [1.82, 2.24) is 20.2 Å². The van der Waals surface area contributed by atoms with E-state index in [1.807, 2.05) is 13.1 Å². The number of amides is 1. The summed E-state index contributed by atoms with van der Waals surface area (Å²) in [5, 5.41) is 3.01. The van der Waals surface area contributed by atoms with Crippen LogP contribution in [0.2, 0.25) is 0 Å². The van der Waals surface area contributed by atoms with Gasteiger partial charge in [0.1, 0.15) is 11.6 Å². The highest BCUT2D eigenvalue weighted by atomic mass is 19.1. The van der Waals surface area contributed by atoms with E-state index in [4.69, 9.17) is 0 Å². The lowest BCUT2D eigenvalue weighted by molar-refractivity contribution is -0.120. The molecule has 0 radical (unpaired) electrons. The van der Waals surface area contributed by atoms with Crippen molar-refractivity contribution < 1.29 is 9.18 Å². The van der Waals surface area contributed by atoms with Gasteiger partial charge in [-0.25, -0.2) is 9.37 Å². The number of H-pyrrole nitrogens is 1. The lowest BCUT2D eigenvalue weighted by atomic mass is 9.96. The van der Waals surface area contributed by atoms with Gasteiger partial charge >= 0.3 is 0 Å². The fraction of sp³-hybridized carbons (Fsp3) is 0.474. The number of carbonyl (C=O) groups excluding carboxylic acids is 1. The number of aromatic amines is 1. The first-order chi connectivity index (χ1) is 12.1. The molecule has 1 fully saturated rings.